The van der Waals surface area contributed by atoms with Gasteiger partial charge in [0.2, 0.25) is 5.82 Å². The van der Waals surface area contributed by atoms with Crippen molar-refractivity contribution in [3.63, 3.8) is 0 Å². The maximum atomic E-state index is 11.6. The number of likely N-dealkylation sites (N-methyl/N-ethyl adjacent to an activating group) is 1. The smallest absolute Gasteiger partial charge is 0.394 e. The lowest BCUT2D eigenvalue weighted by molar-refractivity contribution is -0.428. The molecule has 0 bridgehead atoms. The maximum absolute atomic E-state index is 11.6. The van der Waals surface area contributed by atoms with Gasteiger partial charge in [0.1, 0.15) is 11.4 Å². The Hall–Kier alpha value is -5.08. The fourth-order valence-electron chi connectivity index (χ4n) is 4.47. The fraction of sp³-hybridized carbons (Fsp3) is 0.304. The predicted molar refractivity (Wildman–Crippen MR) is 152 cm³/mol. The molecule has 20 heteroatoms. The van der Waals surface area contributed by atoms with Gasteiger partial charge >= 0.3 is 6.16 Å². The van der Waals surface area contributed by atoms with E-state index in [-0.39, 0.29) is 55.8 Å². The van der Waals surface area contributed by atoms with Crippen molar-refractivity contribution in [1.82, 2.24) is 19.8 Å². The van der Waals surface area contributed by atoms with Crippen LogP contribution in [0.3, 0.4) is 0 Å². The average molecular weight is 629 g/mol. The van der Waals surface area contributed by atoms with Gasteiger partial charge in [0.15, 0.2) is 33.8 Å². The van der Waals surface area contributed by atoms with Crippen LogP contribution in [0.5, 0.6) is 17.4 Å². The molecule has 1 fully saturated rings. The molecule has 1 spiro atoms. The van der Waals surface area contributed by atoms with Crippen molar-refractivity contribution in [2.24, 2.45) is 20.5 Å². The number of rotatable bonds is 4. The standard InChI is InChI=1S/C23H20N10O8S2/c1-3-30-19-17(24-21(30)42)28-26-13-9-11(32(34)35)5-7-15(13)38-23(40-19)39-16-8-6-12(33(36)37)10-14(16)27-29-18-20(41-23)31(4-2)22(43)25-18/h5-10,17,19H,3-4H2,1-2H3,(H,24,42)(H,25,43). The highest BCUT2D eigenvalue weighted by Gasteiger charge is 2.53. The number of azo groups is 2. The van der Waals surface area contributed by atoms with E-state index in [4.69, 9.17) is 43.4 Å². The van der Waals surface area contributed by atoms with Crippen molar-refractivity contribution in [1.29, 1.82) is 0 Å². The van der Waals surface area contributed by atoms with Gasteiger partial charge in [-0.05, 0) is 50.4 Å². The molecule has 2 N–H and O–H groups in total. The summed E-state index contributed by atoms with van der Waals surface area (Å²) in [5.41, 5.74) is -0.685. The Labute approximate surface area is 251 Å². The van der Waals surface area contributed by atoms with E-state index in [2.05, 4.69) is 30.8 Å². The number of aromatic nitrogens is 2. The molecule has 222 valence electrons. The molecule has 3 aromatic rings. The first-order valence-corrected chi connectivity index (χ1v) is 13.5. The van der Waals surface area contributed by atoms with Gasteiger partial charge in [0.05, 0.1) is 9.85 Å². The highest BCUT2D eigenvalue weighted by Crippen LogP contribution is 2.44. The van der Waals surface area contributed by atoms with E-state index in [1.165, 1.54) is 28.8 Å². The van der Waals surface area contributed by atoms with Crippen LogP contribution in [0.15, 0.2) is 56.9 Å². The van der Waals surface area contributed by atoms with E-state index in [0.717, 1.165) is 12.1 Å². The molecule has 0 aliphatic carbocycles. The zero-order valence-electron chi connectivity index (χ0n) is 22.2. The number of nitro benzene ring substituents is 2. The summed E-state index contributed by atoms with van der Waals surface area (Å²) in [6.45, 7) is 4.28. The van der Waals surface area contributed by atoms with Crippen LogP contribution in [0.2, 0.25) is 0 Å². The Morgan fingerprint density at radius 3 is 2.14 bits per heavy atom. The number of nitrogens with one attached hydrogen (secondary N) is 2. The van der Waals surface area contributed by atoms with Crippen LogP contribution in [-0.4, -0.2) is 54.5 Å². The normalized spacial score (nSPS) is 22.0. The van der Waals surface area contributed by atoms with E-state index >= 15 is 0 Å². The van der Waals surface area contributed by atoms with E-state index in [1.54, 1.807) is 11.8 Å². The molecule has 18 nitrogen and oxygen atoms in total. The molecule has 0 amide bonds. The molecule has 3 aliphatic heterocycles. The molecule has 1 saturated heterocycles. The first kappa shape index (κ1) is 28.1. The Morgan fingerprint density at radius 1 is 0.930 bits per heavy atom. The number of aromatic amines is 1. The molecule has 2 aromatic carbocycles. The van der Waals surface area contributed by atoms with Crippen LogP contribution in [0.25, 0.3) is 0 Å². The van der Waals surface area contributed by atoms with Crippen LogP contribution in [-0.2, 0) is 11.3 Å². The quantitative estimate of drug-likeness (QED) is 0.216. The molecular formula is C23H20N10O8S2. The molecule has 3 aliphatic rings. The zero-order valence-corrected chi connectivity index (χ0v) is 23.8. The van der Waals surface area contributed by atoms with E-state index in [0.29, 0.717) is 13.1 Å². The fourth-order valence-corrected chi connectivity index (χ4v) is 5.13. The van der Waals surface area contributed by atoms with Gasteiger partial charge in [-0.2, -0.15) is 5.11 Å². The summed E-state index contributed by atoms with van der Waals surface area (Å²) in [6, 6.07) is 7.25. The minimum Gasteiger partial charge on any atom is -0.394 e. The predicted octanol–water partition coefficient (Wildman–Crippen LogP) is 5.23. The molecule has 1 aromatic heterocycles. The molecular weight excluding hydrogens is 608 g/mol. The van der Waals surface area contributed by atoms with Crippen molar-refractivity contribution >= 4 is 58.1 Å². The summed E-state index contributed by atoms with van der Waals surface area (Å²) in [6.07, 6.45) is -4.56. The number of thiocarbonyl (C=S) groups is 1. The Kier molecular flexibility index (Phi) is 6.94. The SMILES string of the molecule is CCN1C(=S)NC2N=Nc3cc([N+](=O)[O-])ccc3OC3(Oc4ccc([N+](=O)[O-])cc4N=Nc4[nH]c(=S)n(CC)c4O3)OC21. The van der Waals surface area contributed by atoms with Gasteiger partial charge in [0.25, 0.3) is 17.3 Å². The molecule has 3 atom stereocenters. The number of benzene rings is 2. The van der Waals surface area contributed by atoms with Gasteiger partial charge in [-0.25, -0.2) is 4.74 Å². The number of nitrogens with zero attached hydrogens (tertiary/aromatic N) is 8. The van der Waals surface area contributed by atoms with E-state index in [9.17, 15) is 20.2 Å². The number of imidazole rings is 1. The minimum absolute atomic E-state index is 0.0109. The summed E-state index contributed by atoms with van der Waals surface area (Å²) in [7, 11) is 0. The van der Waals surface area contributed by atoms with Gasteiger partial charge in [0, 0.05) is 37.4 Å². The lowest BCUT2D eigenvalue weighted by Crippen LogP contribution is -2.56. The minimum atomic E-state index is -2.56. The second-order valence-corrected chi connectivity index (χ2v) is 9.83. The third kappa shape index (κ3) is 5.00. The van der Waals surface area contributed by atoms with Crippen LogP contribution in [0.1, 0.15) is 13.8 Å². The van der Waals surface area contributed by atoms with Crippen LogP contribution in [0.4, 0.5) is 28.6 Å². The Balaban J connectivity index is 1.61. The largest absolute Gasteiger partial charge is 0.563 e. The summed E-state index contributed by atoms with van der Waals surface area (Å²) < 4.78 is 27.2. The molecule has 3 unspecified atom stereocenters. The van der Waals surface area contributed by atoms with Crippen molar-refractivity contribution < 1.29 is 28.8 Å². The second kappa shape index (κ2) is 10.6. The van der Waals surface area contributed by atoms with Crippen LogP contribution >= 0.6 is 24.4 Å². The number of hydrogen-bond acceptors (Lipinski definition) is 14. The number of H-pyrrole nitrogens is 1. The lowest BCUT2D eigenvalue weighted by atomic mass is 10.2. The van der Waals surface area contributed by atoms with Crippen LogP contribution in [0, 0.1) is 25.0 Å². The Bertz CT molecular complexity index is 1790. The molecule has 6 rings (SSSR count). The van der Waals surface area contributed by atoms with Crippen molar-refractivity contribution in [3.05, 3.63) is 61.4 Å². The van der Waals surface area contributed by atoms with Gasteiger partial charge < -0.3 is 29.4 Å². The maximum Gasteiger partial charge on any atom is 0.563 e. The number of ether oxygens (including phenoxy) is 4. The first-order chi connectivity index (χ1) is 20.6. The van der Waals surface area contributed by atoms with Gasteiger partial charge in [-0.3, -0.25) is 24.8 Å². The third-order valence-corrected chi connectivity index (χ3v) is 7.17. The van der Waals surface area contributed by atoms with E-state index in [1.807, 2.05) is 6.92 Å². The molecule has 0 radical (unpaired) electrons. The van der Waals surface area contributed by atoms with Crippen LogP contribution < -0.4 is 19.5 Å². The van der Waals surface area contributed by atoms with E-state index < -0.39 is 28.4 Å². The summed E-state index contributed by atoms with van der Waals surface area (Å²) in [5, 5.41) is 43.2. The number of hydrogen-bond donors (Lipinski definition) is 2. The highest BCUT2D eigenvalue weighted by molar-refractivity contribution is 7.80. The average Bonchev–Trinajstić information content (AvgIpc) is 3.46. The van der Waals surface area contributed by atoms with Crippen molar-refractivity contribution in [2.75, 3.05) is 6.54 Å². The summed E-state index contributed by atoms with van der Waals surface area (Å²) >= 11 is 10.9. The number of nitro groups is 2. The summed E-state index contributed by atoms with van der Waals surface area (Å²) in [4.78, 5) is 26.4. The first-order valence-electron chi connectivity index (χ1n) is 12.7. The van der Waals surface area contributed by atoms with Crippen molar-refractivity contribution in [3.8, 4) is 17.4 Å². The summed E-state index contributed by atoms with van der Waals surface area (Å²) in [5.74, 6) is -0.132. The zero-order chi connectivity index (χ0) is 30.5. The number of non-ortho nitro benzene ring substituents is 2. The topological polar surface area (TPSA) is 209 Å². The monoisotopic (exact) mass is 628 g/mol. The molecule has 43 heavy (non-hydrogen) atoms. The van der Waals surface area contributed by atoms with Gasteiger partial charge in [-0.1, -0.05) is 0 Å². The molecule has 0 saturated carbocycles. The highest BCUT2D eigenvalue weighted by atomic mass is 32.1. The lowest BCUT2D eigenvalue weighted by Gasteiger charge is -2.36. The second-order valence-electron chi connectivity index (χ2n) is 9.06. The Morgan fingerprint density at radius 2 is 1.56 bits per heavy atom. The number of fused-ring (bicyclic) bond motifs is 4. The van der Waals surface area contributed by atoms with Crippen molar-refractivity contribution in [2.45, 2.75) is 38.9 Å². The van der Waals surface area contributed by atoms with Gasteiger partial charge in [-0.15, -0.1) is 15.3 Å². The third-order valence-electron chi connectivity index (χ3n) is 6.50. The molecule has 4 heterocycles.